The van der Waals surface area contributed by atoms with Crippen LogP contribution in [0.25, 0.3) is 11.0 Å². The predicted octanol–water partition coefficient (Wildman–Crippen LogP) is 3.69. The highest BCUT2D eigenvalue weighted by Crippen LogP contribution is 2.09. The first-order valence-electron chi connectivity index (χ1n) is 7.23. The summed E-state index contributed by atoms with van der Waals surface area (Å²) < 4.78 is 0. The van der Waals surface area contributed by atoms with Crippen molar-refractivity contribution >= 4 is 11.0 Å². The van der Waals surface area contributed by atoms with Crippen molar-refractivity contribution in [3.05, 3.63) is 36.2 Å². The van der Waals surface area contributed by atoms with Gasteiger partial charge >= 0.3 is 0 Å². The van der Waals surface area contributed by atoms with Crippen molar-refractivity contribution < 1.29 is 0 Å². The molecule has 3 nitrogen and oxygen atoms in total. The Labute approximate surface area is 115 Å². The molecule has 2 rings (SSSR count). The second kappa shape index (κ2) is 7.19. The van der Waals surface area contributed by atoms with E-state index >= 15 is 0 Å². The Morgan fingerprint density at radius 1 is 1.16 bits per heavy atom. The van der Waals surface area contributed by atoms with Crippen LogP contribution in [0.15, 0.2) is 30.5 Å². The zero-order chi connectivity index (χ0) is 13.5. The molecule has 0 radical (unpaired) electrons. The van der Waals surface area contributed by atoms with Gasteiger partial charge in [-0.1, -0.05) is 38.3 Å². The molecule has 0 fully saturated rings. The zero-order valence-corrected chi connectivity index (χ0v) is 11.9. The average Bonchev–Trinajstić information content (AvgIpc) is 2.45. The summed E-state index contributed by atoms with van der Waals surface area (Å²) in [5, 5.41) is 3.52. The highest BCUT2D eigenvalue weighted by molar-refractivity contribution is 5.73. The number of para-hydroxylation sites is 2. The lowest BCUT2D eigenvalue weighted by molar-refractivity contribution is 0.484. The molecule has 0 spiro atoms. The molecule has 0 amide bonds. The third-order valence-corrected chi connectivity index (χ3v) is 3.37. The molecule has 1 unspecified atom stereocenters. The Bertz CT molecular complexity index is 510. The fourth-order valence-electron chi connectivity index (χ4n) is 2.16. The second-order valence-electron chi connectivity index (χ2n) is 5.13. The summed E-state index contributed by atoms with van der Waals surface area (Å²) in [5.41, 5.74) is 2.95. The van der Waals surface area contributed by atoms with Gasteiger partial charge in [0.15, 0.2) is 0 Å². The largest absolute Gasteiger partial charge is 0.309 e. The van der Waals surface area contributed by atoms with E-state index in [9.17, 15) is 0 Å². The van der Waals surface area contributed by atoms with Crippen LogP contribution in [-0.2, 0) is 6.54 Å². The van der Waals surface area contributed by atoms with Gasteiger partial charge in [0.2, 0.25) is 0 Å². The van der Waals surface area contributed by atoms with Crippen LogP contribution in [0.4, 0.5) is 0 Å². The van der Waals surface area contributed by atoms with E-state index in [1.165, 1.54) is 25.7 Å². The van der Waals surface area contributed by atoms with Gasteiger partial charge in [0.05, 0.1) is 22.9 Å². The van der Waals surface area contributed by atoms with E-state index in [1.54, 1.807) is 0 Å². The minimum atomic E-state index is 0.542. The summed E-state index contributed by atoms with van der Waals surface area (Å²) in [6.07, 6.45) is 7.00. The minimum Gasteiger partial charge on any atom is -0.309 e. The number of nitrogens with one attached hydrogen (secondary N) is 1. The summed E-state index contributed by atoms with van der Waals surface area (Å²) in [6, 6.07) is 8.54. The molecule has 19 heavy (non-hydrogen) atoms. The second-order valence-corrected chi connectivity index (χ2v) is 5.13. The minimum absolute atomic E-state index is 0.542. The van der Waals surface area contributed by atoms with Crippen LogP contribution in [0.5, 0.6) is 0 Å². The van der Waals surface area contributed by atoms with E-state index in [2.05, 4.69) is 29.1 Å². The highest BCUT2D eigenvalue weighted by Gasteiger charge is 2.03. The summed E-state index contributed by atoms with van der Waals surface area (Å²) in [4.78, 5) is 9.05. The molecule has 0 saturated carbocycles. The summed E-state index contributed by atoms with van der Waals surface area (Å²) >= 11 is 0. The maximum Gasteiger partial charge on any atom is 0.0890 e. The standard InChI is InChI=1S/C16H23N3/c1-3-4-5-8-13(2)17-11-14-12-18-15-9-6-7-10-16(15)19-14/h6-7,9-10,12-13,17H,3-5,8,11H2,1-2H3. The number of hydrogen-bond donors (Lipinski definition) is 1. The molecule has 0 bridgehead atoms. The van der Waals surface area contributed by atoms with Crippen molar-refractivity contribution in [2.75, 3.05) is 0 Å². The number of nitrogens with zero attached hydrogens (tertiary/aromatic N) is 2. The van der Waals surface area contributed by atoms with Gasteiger partial charge in [0, 0.05) is 12.6 Å². The zero-order valence-electron chi connectivity index (χ0n) is 11.9. The van der Waals surface area contributed by atoms with Gasteiger partial charge in [-0.3, -0.25) is 4.98 Å². The summed E-state index contributed by atoms with van der Waals surface area (Å²) in [7, 11) is 0. The maximum absolute atomic E-state index is 4.62. The number of hydrogen-bond acceptors (Lipinski definition) is 3. The van der Waals surface area contributed by atoms with Crippen molar-refractivity contribution in [3.8, 4) is 0 Å². The number of unbranched alkanes of at least 4 members (excludes halogenated alkanes) is 2. The van der Waals surface area contributed by atoms with Crippen molar-refractivity contribution in [1.29, 1.82) is 0 Å². The molecule has 0 saturated heterocycles. The lowest BCUT2D eigenvalue weighted by Crippen LogP contribution is -2.25. The molecule has 1 aromatic heterocycles. The van der Waals surface area contributed by atoms with Gasteiger partial charge in [-0.25, -0.2) is 4.98 Å². The monoisotopic (exact) mass is 257 g/mol. The summed E-state index contributed by atoms with van der Waals surface area (Å²) in [5.74, 6) is 0. The molecule has 2 aromatic rings. The van der Waals surface area contributed by atoms with Gasteiger partial charge in [0.1, 0.15) is 0 Å². The Morgan fingerprint density at radius 2 is 1.95 bits per heavy atom. The molecule has 1 heterocycles. The molecule has 102 valence electrons. The van der Waals surface area contributed by atoms with Gasteiger partial charge in [-0.15, -0.1) is 0 Å². The van der Waals surface area contributed by atoms with Crippen molar-refractivity contribution in [1.82, 2.24) is 15.3 Å². The first-order chi connectivity index (χ1) is 9.29. The predicted molar refractivity (Wildman–Crippen MR) is 80.0 cm³/mol. The van der Waals surface area contributed by atoms with E-state index in [-0.39, 0.29) is 0 Å². The van der Waals surface area contributed by atoms with Crippen molar-refractivity contribution in [2.24, 2.45) is 0 Å². The quantitative estimate of drug-likeness (QED) is 0.769. The number of fused-ring (bicyclic) bond motifs is 1. The smallest absolute Gasteiger partial charge is 0.0890 e. The van der Waals surface area contributed by atoms with Crippen LogP contribution >= 0.6 is 0 Å². The van der Waals surface area contributed by atoms with Crippen LogP contribution < -0.4 is 5.32 Å². The molecular formula is C16H23N3. The molecule has 1 aromatic carbocycles. The van der Waals surface area contributed by atoms with E-state index in [0.717, 1.165) is 23.3 Å². The maximum atomic E-state index is 4.62. The Balaban J connectivity index is 1.87. The molecule has 1 N–H and O–H groups in total. The van der Waals surface area contributed by atoms with Gasteiger partial charge < -0.3 is 5.32 Å². The van der Waals surface area contributed by atoms with E-state index < -0.39 is 0 Å². The average molecular weight is 257 g/mol. The summed E-state index contributed by atoms with van der Waals surface area (Å²) in [6.45, 7) is 5.28. The van der Waals surface area contributed by atoms with E-state index in [0.29, 0.717) is 6.04 Å². The third-order valence-electron chi connectivity index (χ3n) is 3.37. The van der Waals surface area contributed by atoms with Crippen LogP contribution in [0, 0.1) is 0 Å². The molecular weight excluding hydrogens is 234 g/mol. The lowest BCUT2D eigenvalue weighted by atomic mass is 10.1. The molecule has 1 atom stereocenters. The van der Waals surface area contributed by atoms with Crippen LogP contribution in [0.1, 0.15) is 45.2 Å². The van der Waals surface area contributed by atoms with Crippen LogP contribution in [0.2, 0.25) is 0 Å². The normalized spacial score (nSPS) is 12.7. The van der Waals surface area contributed by atoms with Crippen molar-refractivity contribution in [2.45, 2.75) is 52.1 Å². The highest BCUT2D eigenvalue weighted by atomic mass is 14.9. The van der Waals surface area contributed by atoms with Gasteiger partial charge in [-0.2, -0.15) is 0 Å². The first-order valence-corrected chi connectivity index (χ1v) is 7.23. The van der Waals surface area contributed by atoms with E-state index in [4.69, 9.17) is 0 Å². The number of rotatable bonds is 7. The lowest BCUT2D eigenvalue weighted by Gasteiger charge is -2.13. The third kappa shape index (κ3) is 4.28. The first kappa shape index (κ1) is 13.9. The Hall–Kier alpha value is -1.48. The van der Waals surface area contributed by atoms with E-state index in [1.807, 2.05) is 30.5 Å². The topological polar surface area (TPSA) is 37.8 Å². The van der Waals surface area contributed by atoms with Crippen molar-refractivity contribution in [3.63, 3.8) is 0 Å². The fraction of sp³-hybridized carbons (Fsp3) is 0.500. The molecule has 3 heteroatoms. The molecule has 0 aliphatic heterocycles. The fourth-order valence-corrected chi connectivity index (χ4v) is 2.16. The van der Waals surface area contributed by atoms with Crippen LogP contribution in [-0.4, -0.2) is 16.0 Å². The number of benzene rings is 1. The van der Waals surface area contributed by atoms with Gasteiger partial charge in [0.25, 0.3) is 0 Å². The van der Waals surface area contributed by atoms with Crippen LogP contribution in [0.3, 0.4) is 0 Å². The Kier molecular flexibility index (Phi) is 5.28. The molecule has 0 aliphatic rings. The van der Waals surface area contributed by atoms with Gasteiger partial charge in [-0.05, 0) is 25.5 Å². The molecule has 0 aliphatic carbocycles. The number of aromatic nitrogens is 2. The Morgan fingerprint density at radius 3 is 2.74 bits per heavy atom. The SMILES string of the molecule is CCCCCC(C)NCc1cnc2ccccc2n1.